The third-order valence-corrected chi connectivity index (χ3v) is 4.52. The fourth-order valence-electron chi connectivity index (χ4n) is 1.69. The van der Waals surface area contributed by atoms with Crippen LogP contribution in [-0.2, 0) is 10.0 Å². The molecule has 17 heavy (non-hydrogen) atoms. The molecule has 1 aliphatic rings. The second-order valence-electron chi connectivity index (χ2n) is 3.84. The number of pyridine rings is 1. The molecule has 2 rings (SSSR count). The number of hydrogen-bond donors (Lipinski definition) is 3. The standard InChI is InChI=1S/C9H13N3O4S/c10-9-8(2-1-3-11-9)17(15,16)12-4-6(13)7(14)5-12/h1-3,6-7,13-14H,4-5H2,(H2,10,11)/t6-,7+. The van der Waals surface area contributed by atoms with Gasteiger partial charge in [-0.15, -0.1) is 0 Å². The van der Waals surface area contributed by atoms with Gasteiger partial charge in [0.2, 0.25) is 10.0 Å². The van der Waals surface area contributed by atoms with Crippen LogP contribution in [0, 0.1) is 0 Å². The summed E-state index contributed by atoms with van der Waals surface area (Å²) < 4.78 is 25.3. The summed E-state index contributed by atoms with van der Waals surface area (Å²) in [6, 6.07) is 2.81. The lowest BCUT2D eigenvalue weighted by molar-refractivity contribution is 0.0572. The van der Waals surface area contributed by atoms with Crippen LogP contribution >= 0.6 is 0 Å². The van der Waals surface area contributed by atoms with Crippen molar-refractivity contribution in [3.05, 3.63) is 18.3 Å². The van der Waals surface area contributed by atoms with Crippen LogP contribution in [0.25, 0.3) is 0 Å². The van der Waals surface area contributed by atoms with E-state index in [2.05, 4.69) is 4.98 Å². The number of aromatic nitrogens is 1. The molecule has 1 aliphatic heterocycles. The smallest absolute Gasteiger partial charge is 0.246 e. The molecule has 2 atom stereocenters. The SMILES string of the molecule is Nc1ncccc1S(=O)(=O)N1C[C@@H](O)[C@@H](O)C1. The number of aliphatic hydroxyl groups excluding tert-OH is 2. The number of β-amino-alcohol motifs (C(OH)–C–C–N with tert-alkyl or cyclic N) is 2. The molecule has 7 nitrogen and oxygen atoms in total. The van der Waals surface area contributed by atoms with Crippen LogP contribution in [0.3, 0.4) is 0 Å². The first-order valence-corrected chi connectivity index (χ1v) is 6.43. The molecule has 1 aromatic rings. The van der Waals surface area contributed by atoms with Gasteiger partial charge in [-0.1, -0.05) is 0 Å². The van der Waals surface area contributed by atoms with Crippen molar-refractivity contribution < 1.29 is 18.6 Å². The molecular weight excluding hydrogens is 246 g/mol. The number of anilines is 1. The lowest BCUT2D eigenvalue weighted by atomic mass is 10.3. The van der Waals surface area contributed by atoms with E-state index in [0.717, 1.165) is 4.31 Å². The van der Waals surface area contributed by atoms with E-state index in [4.69, 9.17) is 5.73 Å². The topological polar surface area (TPSA) is 117 Å². The molecule has 0 spiro atoms. The van der Waals surface area contributed by atoms with Gasteiger partial charge in [-0.25, -0.2) is 13.4 Å². The average Bonchev–Trinajstić information content (AvgIpc) is 2.60. The van der Waals surface area contributed by atoms with E-state index < -0.39 is 22.2 Å². The van der Waals surface area contributed by atoms with E-state index in [1.165, 1.54) is 18.3 Å². The van der Waals surface area contributed by atoms with Crippen LogP contribution in [0.4, 0.5) is 5.82 Å². The zero-order valence-corrected chi connectivity index (χ0v) is 9.71. The second kappa shape index (κ2) is 4.22. The summed E-state index contributed by atoms with van der Waals surface area (Å²) in [6.45, 7) is -0.282. The molecular formula is C9H13N3O4S. The molecule has 8 heteroatoms. The van der Waals surface area contributed by atoms with Gasteiger partial charge >= 0.3 is 0 Å². The van der Waals surface area contributed by atoms with Crippen molar-refractivity contribution in [3.8, 4) is 0 Å². The molecule has 1 aromatic heterocycles. The van der Waals surface area contributed by atoms with Crippen molar-refractivity contribution in [1.29, 1.82) is 0 Å². The molecule has 0 bridgehead atoms. The number of sulfonamides is 1. The highest BCUT2D eigenvalue weighted by Crippen LogP contribution is 2.23. The van der Waals surface area contributed by atoms with Crippen LogP contribution in [0.1, 0.15) is 0 Å². The lowest BCUT2D eigenvalue weighted by Gasteiger charge is -2.16. The monoisotopic (exact) mass is 259 g/mol. The summed E-state index contributed by atoms with van der Waals surface area (Å²) in [5.41, 5.74) is 5.50. The minimum Gasteiger partial charge on any atom is -0.389 e. The average molecular weight is 259 g/mol. The van der Waals surface area contributed by atoms with Crippen LogP contribution in [0.5, 0.6) is 0 Å². The van der Waals surface area contributed by atoms with Crippen molar-refractivity contribution >= 4 is 15.8 Å². The number of nitrogens with two attached hydrogens (primary N) is 1. The van der Waals surface area contributed by atoms with Gasteiger partial charge in [0, 0.05) is 19.3 Å². The van der Waals surface area contributed by atoms with E-state index >= 15 is 0 Å². The Morgan fingerprint density at radius 3 is 2.47 bits per heavy atom. The molecule has 2 heterocycles. The fraction of sp³-hybridized carbons (Fsp3) is 0.444. The van der Waals surface area contributed by atoms with E-state index in [1.807, 2.05) is 0 Å². The van der Waals surface area contributed by atoms with Crippen molar-refractivity contribution in [1.82, 2.24) is 9.29 Å². The Morgan fingerprint density at radius 1 is 1.35 bits per heavy atom. The summed E-state index contributed by atoms with van der Waals surface area (Å²) in [5.74, 6) is -0.0941. The van der Waals surface area contributed by atoms with Crippen LogP contribution in [0.2, 0.25) is 0 Å². The molecule has 1 fully saturated rings. The summed E-state index contributed by atoms with van der Waals surface area (Å²) >= 11 is 0. The van der Waals surface area contributed by atoms with Gasteiger partial charge in [0.05, 0.1) is 12.2 Å². The molecule has 1 saturated heterocycles. The normalized spacial score (nSPS) is 26.2. The lowest BCUT2D eigenvalue weighted by Crippen LogP contribution is -2.30. The maximum Gasteiger partial charge on any atom is 0.246 e. The zero-order chi connectivity index (χ0) is 12.6. The van der Waals surface area contributed by atoms with Crippen molar-refractivity contribution in [2.75, 3.05) is 18.8 Å². The summed E-state index contributed by atoms with van der Waals surface area (Å²) in [5, 5.41) is 18.7. The minimum absolute atomic E-state index is 0.0941. The van der Waals surface area contributed by atoms with Gasteiger partial charge in [0.15, 0.2) is 0 Å². The number of hydrogen-bond acceptors (Lipinski definition) is 6. The predicted molar refractivity (Wildman–Crippen MR) is 59.4 cm³/mol. The first-order valence-electron chi connectivity index (χ1n) is 4.99. The van der Waals surface area contributed by atoms with E-state index in [9.17, 15) is 18.6 Å². The maximum atomic E-state index is 12.1. The first kappa shape index (κ1) is 12.2. The number of nitrogens with zero attached hydrogens (tertiary/aromatic N) is 2. The van der Waals surface area contributed by atoms with Gasteiger partial charge in [0.1, 0.15) is 10.7 Å². The molecule has 0 saturated carbocycles. The quantitative estimate of drug-likeness (QED) is 0.588. The second-order valence-corrected chi connectivity index (χ2v) is 5.75. The Balaban J connectivity index is 2.36. The van der Waals surface area contributed by atoms with Gasteiger partial charge in [0.25, 0.3) is 0 Å². The minimum atomic E-state index is -3.81. The van der Waals surface area contributed by atoms with Crippen molar-refractivity contribution in [3.63, 3.8) is 0 Å². The Labute approximate surface area is 98.6 Å². The maximum absolute atomic E-state index is 12.1. The molecule has 0 amide bonds. The van der Waals surface area contributed by atoms with Crippen LogP contribution < -0.4 is 5.73 Å². The molecule has 94 valence electrons. The van der Waals surface area contributed by atoms with Gasteiger partial charge < -0.3 is 15.9 Å². The third-order valence-electron chi connectivity index (χ3n) is 2.64. The van der Waals surface area contributed by atoms with E-state index in [1.54, 1.807) is 0 Å². The molecule has 0 aliphatic carbocycles. The van der Waals surface area contributed by atoms with E-state index in [0.29, 0.717) is 0 Å². The highest BCUT2D eigenvalue weighted by molar-refractivity contribution is 7.89. The van der Waals surface area contributed by atoms with E-state index in [-0.39, 0.29) is 23.8 Å². The summed E-state index contributed by atoms with van der Waals surface area (Å²) in [4.78, 5) is 3.59. The highest BCUT2D eigenvalue weighted by atomic mass is 32.2. The highest BCUT2D eigenvalue weighted by Gasteiger charge is 2.38. The Bertz CT molecular complexity index is 509. The van der Waals surface area contributed by atoms with Crippen LogP contribution in [-0.4, -0.2) is 53.2 Å². The zero-order valence-electron chi connectivity index (χ0n) is 8.89. The van der Waals surface area contributed by atoms with Crippen LogP contribution in [0.15, 0.2) is 23.2 Å². The molecule has 0 radical (unpaired) electrons. The first-order chi connectivity index (χ1) is 7.93. The summed E-state index contributed by atoms with van der Waals surface area (Å²) in [7, 11) is -3.81. The van der Waals surface area contributed by atoms with Crippen molar-refractivity contribution in [2.24, 2.45) is 0 Å². The largest absolute Gasteiger partial charge is 0.389 e. The summed E-state index contributed by atoms with van der Waals surface area (Å²) in [6.07, 6.45) is -0.743. The molecule has 4 N–H and O–H groups in total. The Hall–Kier alpha value is -1.22. The predicted octanol–water partition coefficient (Wildman–Crippen LogP) is -1.61. The number of rotatable bonds is 2. The van der Waals surface area contributed by atoms with Gasteiger partial charge in [-0.2, -0.15) is 4.31 Å². The Kier molecular flexibility index (Phi) is 3.04. The Morgan fingerprint density at radius 2 is 1.94 bits per heavy atom. The fourth-order valence-corrected chi connectivity index (χ4v) is 3.24. The molecule has 0 aromatic carbocycles. The number of nitrogen functional groups attached to an aromatic ring is 1. The van der Waals surface area contributed by atoms with Gasteiger partial charge in [-0.05, 0) is 12.1 Å². The van der Waals surface area contributed by atoms with Gasteiger partial charge in [-0.3, -0.25) is 0 Å². The molecule has 0 unspecified atom stereocenters. The third kappa shape index (κ3) is 2.12. The number of aliphatic hydroxyl groups is 2. The van der Waals surface area contributed by atoms with Crippen molar-refractivity contribution in [2.45, 2.75) is 17.1 Å².